The molecule has 3 rings (SSSR count). The number of fused-ring (bicyclic) bond motifs is 2. The normalized spacial score (nSPS) is 33.8. The Balaban J connectivity index is 1.57. The van der Waals surface area contributed by atoms with Crippen molar-refractivity contribution < 1.29 is 0 Å². The summed E-state index contributed by atoms with van der Waals surface area (Å²) in [4.78, 5) is 0. The van der Waals surface area contributed by atoms with Gasteiger partial charge in [0.2, 0.25) is 0 Å². The van der Waals surface area contributed by atoms with E-state index in [4.69, 9.17) is 0 Å². The van der Waals surface area contributed by atoms with Crippen molar-refractivity contribution in [3.8, 4) is 0 Å². The molecule has 3 nitrogen and oxygen atoms in total. The van der Waals surface area contributed by atoms with Gasteiger partial charge in [-0.3, -0.25) is 5.10 Å². The van der Waals surface area contributed by atoms with Crippen LogP contribution in [0.3, 0.4) is 0 Å². The number of H-pyrrole nitrogens is 1. The molecule has 2 saturated carbocycles. The van der Waals surface area contributed by atoms with Crippen LogP contribution in [0.5, 0.6) is 0 Å². The van der Waals surface area contributed by atoms with Crippen molar-refractivity contribution >= 4 is 0 Å². The average Bonchev–Trinajstić information content (AvgIpc) is 2.90. The Morgan fingerprint density at radius 2 is 2.40 bits per heavy atom. The molecule has 2 aliphatic rings. The summed E-state index contributed by atoms with van der Waals surface area (Å²) in [6, 6.07) is 0.776. The van der Waals surface area contributed by atoms with Gasteiger partial charge in [-0.05, 0) is 38.0 Å². The topological polar surface area (TPSA) is 40.7 Å². The zero-order valence-electron chi connectivity index (χ0n) is 9.29. The fourth-order valence-electron chi connectivity index (χ4n) is 3.29. The molecule has 0 spiro atoms. The maximum absolute atomic E-state index is 4.05. The molecule has 3 atom stereocenters. The predicted octanol–water partition coefficient (Wildman–Crippen LogP) is 2.00. The fraction of sp³-hybridized carbons (Fsp3) is 0.750. The first-order valence-corrected chi connectivity index (χ1v) is 6.05. The van der Waals surface area contributed by atoms with Crippen LogP contribution in [0.25, 0.3) is 0 Å². The molecule has 82 valence electrons. The van der Waals surface area contributed by atoms with Crippen molar-refractivity contribution in [1.82, 2.24) is 15.5 Å². The van der Waals surface area contributed by atoms with Crippen LogP contribution in [-0.2, 0) is 6.54 Å². The van der Waals surface area contributed by atoms with Gasteiger partial charge in [-0.2, -0.15) is 5.10 Å². The lowest BCUT2D eigenvalue weighted by Crippen LogP contribution is -2.33. The number of aromatic nitrogens is 2. The molecule has 0 amide bonds. The molecular formula is C12H19N3. The van der Waals surface area contributed by atoms with E-state index >= 15 is 0 Å². The summed E-state index contributed by atoms with van der Waals surface area (Å²) in [5, 5.41) is 10.7. The molecule has 0 unspecified atom stereocenters. The smallest absolute Gasteiger partial charge is 0.0535 e. The molecule has 2 fully saturated rings. The molecule has 0 saturated heterocycles. The van der Waals surface area contributed by atoms with E-state index in [2.05, 4.69) is 22.4 Å². The minimum atomic E-state index is 0.776. The number of rotatable bonds is 3. The third-order valence-electron chi connectivity index (χ3n) is 4.23. The number of nitrogens with one attached hydrogen (secondary N) is 2. The van der Waals surface area contributed by atoms with Gasteiger partial charge in [0.25, 0.3) is 0 Å². The van der Waals surface area contributed by atoms with Crippen molar-refractivity contribution in [2.75, 3.05) is 0 Å². The number of nitrogens with zero attached hydrogens (tertiary/aromatic N) is 1. The molecule has 0 aliphatic heterocycles. The second-order valence-corrected chi connectivity index (χ2v) is 5.18. The summed E-state index contributed by atoms with van der Waals surface area (Å²) in [7, 11) is 0. The van der Waals surface area contributed by atoms with Gasteiger partial charge < -0.3 is 5.32 Å². The quantitative estimate of drug-likeness (QED) is 0.792. The van der Waals surface area contributed by atoms with E-state index in [1.807, 2.05) is 6.20 Å². The van der Waals surface area contributed by atoms with E-state index in [0.717, 1.165) is 24.4 Å². The van der Waals surface area contributed by atoms with E-state index in [1.165, 1.54) is 36.9 Å². The van der Waals surface area contributed by atoms with E-state index < -0.39 is 0 Å². The van der Waals surface area contributed by atoms with Gasteiger partial charge in [0.05, 0.1) is 6.20 Å². The van der Waals surface area contributed by atoms with Crippen LogP contribution in [0.2, 0.25) is 0 Å². The first-order chi connectivity index (χ1) is 7.33. The van der Waals surface area contributed by atoms with Crippen LogP contribution in [-0.4, -0.2) is 16.2 Å². The van der Waals surface area contributed by atoms with Gasteiger partial charge in [0, 0.05) is 23.8 Å². The second kappa shape index (κ2) is 3.63. The SMILES string of the molecule is Cc1[nH]ncc1CN[C@@H]1C[C@H]2CC[C@H]1C2. The molecule has 0 radical (unpaired) electrons. The largest absolute Gasteiger partial charge is 0.310 e. The molecular weight excluding hydrogens is 186 g/mol. The van der Waals surface area contributed by atoms with Crippen LogP contribution in [0, 0.1) is 18.8 Å². The van der Waals surface area contributed by atoms with E-state index in [-0.39, 0.29) is 0 Å². The van der Waals surface area contributed by atoms with Crippen molar-refractivity contribution in [3.63, 3.8) is 0 Å². The van der Waals surface area contributed by atoms with E-state index in [9.17, 15) is 0 Å². The van der Waals surface area contributed by atoms with Gasteiger partial charge in [0.15, 0.2) is 0 Å². The Morgan fingerprint density at radius 1 is 1.47 bits per heavy atom. The van der Waals surface area contributed by atoms with Crippen LogP contribution < -0.4 is 5.32 Å². The summed E-state index contributed by atoms with van der Waals surface area (Å²) >= 11 is 0. The Hall–Kier alpha value is -0.830. The van der Waals surface area contributed by atoms with Crippen LogP contribution in [0.1, 0.15) is 36.9 Å². The van der Waals surface area contributed by atoms with Crippen LogP contribution in [0.4, 0.5) is 0 Å². The summed E-state index contributed by atoms with van der Waals surface area (Å²) in [6.45, 7) is 3.07. The Kier molecular flexibility index (Phi) is 2.28. The zero-order valence-corrected chi connectivity index (χ0v) is 9.29. The molecule has 3 heteroatoms. The standard InChI is InChI=1S/C12H19N3/c1-8-11(7-14-15-8)6-13-12-5-9-2-3-10(12)4-9/h7,9-10,12-13H,2-6H2,1H3,(H,14,15)/t9-,10-,12+/m0/s1. The Bertz CT molecular complexity index is 344. The minimum absolute atomic E-state index is 0.776. The van der Waals surface area contributed by atoms with Crippen LogP contribution in [0.15, 0.2) is 6.20 Å². The van der Waals surface area contributed by atoms with Crippen molar-refractivity contribution in [1.29, 1.82) is 0 Å². The Labute approximate surface area is 90.7 Å². The number of aromatic amines is 1. The predicted molar refractivity (Wildman–Crippen MR) is 59.4 cm³/mol. The molecule has 0 aromatic carbocycles. The molecule has 1 aromatic heterocycles. The van der Waals surface area contributed by atoms with Crippen molar-refractivity contribution in [3.05, 3.63) is 17.5 Å². The van der Waals surface area contributed by atoms with Crippen molar-refractivity contribution in [2.45, 2.75) is 45.2 Å². The highest BCUT2D eigenvalue weighted by Crippen LogP contribution is 2.44. The highest BCUT2D eigenvalue weighted by Gasteiger charge is 2.38. The lowest BCUT2D eigenvalue weighted by atomic mass is 9.95. The fourth-order valence-corrected chi connectivity index (χ4v) is 3.29. The zero-order chi connectivity index (χ0) is 10.3. The van der Waals surface area contributed by atoms with Gasteiger partial charge >= 0.3 is 0 Å². The van der Waals surface area contributed by atoms with Crippen LogP contribution >= 0.6 is 0 Å². The van der Waals surface area contributed by atoms with E-state index in [1.54, 1.807) is 0 Å². The molecule has 15 heavy (non-hydrogen) atoms. The average molecular weight is 205 g/mol. The first-order valence-electron chi connectivity index (χ1n) is 6.05. The molecule has 2 bridgehead atoms. The molecule has 2 aliphatic carbocycles. The number of hydrogen-bond acceptors (Lipinski definition) is 2. The minimum Gasteiger partial charge on any atom is -0.310 e. The highest BCUT2D eigenvalue weighted by atomic mass is 15.1. The summed E-state index contributed by atoms with van der Waals surface area (Å²) in [6.07, 6.45) is 7.75. The number of hydrogen-bond donors (Lipinski definition) is 2. The van der Waals surface area contributed by atoms with Gasteiger partial charge in [0.1, 0.15) is 0 Å². The third-order valence-corrected chi connectivity index (χ3v) is 4.23. The first kappa shape index (κ1) is 9.40. The molecule has 1 heterocycles. The highest BCUT2D eigenvalue weighted by molar-refractivity contribution is 5.14. The third kappa shape index (κ3) is 1.69. The van der Waals surface area contributed by atoms with Gasteiger partial charge in [-0.25, -0.2) is 0 Å². The molecule has 1 aromatic rings. The van der Waals surface area contributed by atoms with Gasteiger partial charge in [-0.1, -0.05) is 6.42 Å². The summed E-state index contributed by atoms with van der Waals surface area (Å²) in [5.41, 5.74) is 2.52. The lowest BCUT2D eigenvalue weighted by Gasteiger charge is -2.22. The maximum atomic E-state index is 4.05. The monoisotopic (exact) mass is 205 g/mol. The summed E-state index contributed by atoms with van der Waals surface area (Å²) in [5.74, 6) is 1.99. The molecule has 2 N–H and O–H groups in total. The summed E-state index contributed by atoms with van der Waals surface area (Å²) < 4.78 is 0. The lowest BCUT2D eigenvalue weighted by molar-refractivity contribution is 0.350. The van der Waals surface area contributed by atoms with Crippen molar-refractivity contribution in [2.24, 2.45) is 11.8 Å². The Morgan fingerprint density at radius 3 is 3.00 bits per heavy atom. The second-order valence-electron chi connectivity index (χ2n) is 5.18. The van der Waals surface area contributed by atoms with Gasteiger partial charge in [-0.15, -0.1) is 0 Å². The van der Waals surface area contributed by atoms with E-state index in [0.29, 0.717) is 0 Å². The number of aryl methyl sites for hydroxylation is 1. The maximum Gasteiger partial charge on any atom is 0.0535 e.